The third-order valence-corrected chi connectivity index (χ3v) is 4.10. The van der Waals surface area contributed by atoms with E-state index in [1.54, 1.807) is 0 Å². The average Bonchev–Trinajstić information content (AvgIpc) is 2.66. The molecular weight excluding hydrogens is 208 g/mol. The van der Waals surface area contributed by atoms with Gasteiger partial charge in [-0.3, -0.25) is 0 Å². The lowest BCUT2D eigenvalue weighted by molar-refractivity contribution is 0.328. The maximum atomic E-state index is 5.76. The summed E-state index contributed by atoms with van der Waals surface area (Å²) < 4.78 is 0. The predicted octanol–water partition coefficient (Wildman–Crippen LogP) is 2.28. The minimum atomic E-state index is 0.656. The van der Waals surface area contributed by atoms with E-state index in [9.17, 15) is 0 Å². The third kappa shape index (κ3) is 3.08. The lowest BCUT2D eigenvalue weighted by Crippen LogP contribution is -2.24. The number of hydrogen-bond acceptors (Lipinski definition) is 2. The Bertz CT molecular complexity index is 352. The van der Waals surface area contributed by atoms with Crippen LogP contribution in [-0.2, 0) is 13.0 Å². The van der Waals surface area contributed by atoms with E-state index in [-0.39, 0.29) is 0 Å². The van der Waals surface area contributed by atoms with Gasteiger partial charge in [0.15, 0.2) is 0 Å². The monoisotopic (exact) mass is 232 g/mol. The standard InChI is InChI=1S/C15H24N2/c1-12-10-17(11-13(12)2)8-7-14-5-3-4-6-15(14)9-16/h3-6,12-13H,7-11,16H2,1-2H3. The molecule has 2 rings (SSSR count). The number of rotatable bonds is 4. The largest absolute Gasteiger partial charge is 0.326 e. The molecule has 1 aromatic carbocycles. The average molecular weight is 232 g/mol. The van der Waals surface area contributed by atoms with Crippen LogP contribution in [0.15, 0.2) is 24.3 Å². The highest BCUT2D eigenvalue weighted by atomic mass is 15.1. The van der Waals surface area contributed by atoms with Crippen molar-refractivity contribution in [2.75, 3.05) is 19.6 Å². The highest BCUT2D eigenvalue weighted by Crippen LogP contribution is 2.22. The molecule has 1 aromatic rings. The van der Waals surface area contributed by atoms with Gasteiger partial charge in [0.1, 0.15) is 0 Å². The molecule has 2 heteroatoms. The quantitative estimate of drug-likeness (QED) is 0.863. The highest BCUT2D eigenvalue weighted by Gasteiger charge is 2.25. The van der Waals surface area contributed by atoms with Crippen LogP contribution in [-0.4, -0.2) is 24.5 Å². The summed E-state index contributed by atoms with van der Waals surface area (Å²) in [4.78, 5) is 2.59. The number of nitrogens with two attached hydrogens (primary N) is 1. The topological polar surface area (TPSA) is 29.3 Å². The normalized spacial score (nSPS) is 25.4. The molecule has 17 heavy (non-hydrogen) atoms. The summed E-state index contributed by atoms with van der Waals surface area (Å²) in [5, 5.41) is 0. The molecule has 2 nitrogen and oxygen atoms in total. The number of likely N-dealkylation sites (tertiary alicyclic amines) is 1. The van der Waals surface area contributed by atoms with E-state index >= 15 is 0 Å². The lowest BCUT2D eigenvalue weighted by atomic mass is 10.0. The van der Waals surface area contributed by atoms with Gasteiger partial charge < -0.3 is 10.6 Å². The Morgan fingerprint density at radius 2 is 1.71 bits per heavy atom. The predicted molar refractivity (Wildman–Crippen MR) is 72.8 cm³/mol. The van der Waals surface area contributed by atoms with Crippen LogP contribution in [0.25, 0.3) is 0 Å². The van der Waals surface area contributed by atoms with E-state index in [0.29, 0.717) is 6.54 Å². The van der Waals surface area contributed by atoms with Gasteiger partial charge in [-0.2, -0.15) is 0 Å². The molecule has 1 fully saturated rings. The highest BCUT2D eigenvalue weighted by molar-refractivity contribution is 5.27. The molecule has 1 saturated heterocycles. The van der Waals surface area contributed by atoms with E-state index in [4.69, 9.17) is 5.73 Å². The summed E-state index contributed by atoms with van der Waals surface area (Å²) in [5.41, 5.74) is 8.48. The number of hydrogen-bond donors (Lipinski definition) is 1. The Morgan fingerprint density at radius 3 is 2.29 bits per heavy atom. The van der Waals surface area contributed by atoms with Crippen LogP contribution in [0, 0.1) is 11.8 Å². The van der Waals surface area contributed by atoms with Gasteiger partial charge in [0.25, 0.3) is 0 Å². The zero-order valence-electron chi connectivity index (χ0n) is 11.0. The molecule has 1 aliphatic rings. The number of benzene rings is 1. The molecule has 2 atom stereocenters. The van der Waals surface area contributed by atoms with Crippen molar-refractivity contribution in [3.63, 3.8) is 0 Å². The van der Waals surface area contributed by atoms with Gasteiger partial charge in [-0.25, -0.2) is 0 Å². The molecule has 0 radical (unpaired) electrons. The molecular formula is C15H24N2. The molecule has 0 amide bonds. The fourth-order valence-corrected chi connectivity index (χ4v) is 2.71. The first-order valence-electron chi connectivity index (χ1n) is 6.70. The Hall–Kier alpha value is -0.860. The smallest absolute Gasteiger partial charge is 0.0180 e. The fourth-order valence-electron chi connectivity index (χ4n) is 2.71. The van der Waals surface area contributed by atoms with Crippen molar-refractivity contribution in [1.29, 1.82) is 0 Å². The second kappa shape index (κ2) is 5.65. The molecule has 1 heterocycles. The molecule has 2 N–H and O–H groups in total. The van der Waals surface area contributed by atoms with Gasteiger partial charge in [0.2, 0.25) is 0 Å². The van der Waals surface area contributed by atoms with Crippen molar-refractivity contribution in [2.24, 2.45) is 17.6 Å². The molecule has 0 saturated carbocycles. The maximum absolute atomic E-state index is 5.76. The summed E-state index contributed by atoms with van der Waals surface area (Å²) in [6.45, 7) is 9.06. The van der Waals surface area contributed by atoms with Crippen LogP contribution in [0.2, 0.25) is 0 Å². The van der Waals surface area contributed by atoms with Gasteiger partial charge in [-0.15, -0.1) is 0 Å². The minimum absolute atomic E-state index is 0.656. The van der Waals surface area contributed by atoms with Crippen LogP contribution < -0.4 is 5.73 Å². The van der Waals surface area contributed by atoms with Gasteiger partial charge in [-0.05, 0) is 29.4 Å². The van der Waals surface area contributed by atoms with Gasteiger partial charge in [0, 0.05) is 26.2 Å². The van der Waals surface area contributed by atoms with Gasteiger partial charge >= 0.3 is 0 Å². The minimum Gasteiger partial charge on any atom is -0.326 e. The van der Waals surface area contributed by atoms with Crippen molar-refractivity contribution in [3.05, 3.63) is 35.4 Å². The van der Waals surface area contributed by atoms with Crippen molar-refractivity contribution in [3.8, 4) is 0 Å². The van der Waals surface area contributed by atoms with Crippen molar-refractivity contribution < 1.29 is 0 Å². The molecule has 0 aliphatic carbocycles. The van der Waals surface area contributed by atoms with E-state index in [1.807, 2.05) is 0 Å². The zero-order valence-corrected chi connectivity index (χ0v) is 11.0. The summed E-state index contributed by atoms with van der Waals surface area (Å²) in [6, 6.07) is 8.55. The Balaban J connectivity index is 1.90. The van der Waals surface area contributed by atoms with Crippen molar-refractivity contribution in [2.45, 2.75) is 26.8 Å². The Kier molecular flexibility index (Phi) is 4.19. The fraction of sp³-hybridized carbons (Fsp3) is 0.600. The van der Waals surface area contributed by atoms with Crippen LogP contribution in [0.5, 0.6) is 0 Å². The third-order valence-electron chi connectivity index (χ3n) is 4.10. The van der Waals surface area contributed by atoms with Crippen LogP contribution in [0.4, 0.5) is 0 Å². The van der Waals surface area contributed by atoms with Crippen LogP contribution in [0.3, 0.4) is 0 Å². The summed E-state index contributed by atoms with van der Waals surface area (Å²) in [6.07, 6.45) is 1.13. The van der Waals surface area contributed by atoms with Gasteiger partial charge in [0.05, 0.1) is 0 Å². The Morgan fingerprint density at radius 1 is 1.12 bits per heavy atom. The molecule has 2 unspecified atom stereocenters. The molecule has 0 spiro atoms. The summed E-state index contributed by atoms with van der Waals surface area (Å²) in [7, 11) is 0. The van der Waals surface area contributed by atoms with E-state index < -0.39 is 0 Å². The van der Waals surface area contributed by atoms with Crippen LogP contribution >= 0.6 is 0 Å². The Labute approximate surface area is 105 Å². The molecule has 94 valence electrons. The summed E-state index contributed by atoms with van der Waals surface area (Å²) >= 11 is 0. The molecule has 0 aromatic heterocycles. The first-order valence-corrected chi connectivity index (χ1v) is 6.70. The van der Waals surface area contributed by atoms with E-state index in [2.05, 4.69) is 43.0 Å². The van der Waals surface area contributed by atoms with Crippen molar-refractivity contribution in [1.82, 2.24) is 4.90 Å². The second-order valence-corrected chi connectivity index (χ2v) is 5.44. The van der Waals surface area contributed by atoms with E-state index in [0.717, 1.165) is 18.3 Å². The SMILES string of the molecule is CC1CN(CCc2ccccc2CN)CC1C. The second-order valence-electron chi connectivity index (χ2n) is 5.44. The number of nitrogens with zero attached hydrogens (tertiary/aromatic N) is 1. The maximum Gasteiger partial charge on any atom is 0.0180 e. The summed E-state index contributed by atoms with van der Waals surface area (Å²) in [5.74, 6) is 1.69. The molecule has 0 bridgehead atoms. The zero-order chi connectivity index (χ0) is 12.3. The first kappa shape index (κ1) is 12.6. The van der Waals surface area contributed by atoms with Crippen molar-refractivity contribution >= 4 is 0 Å². The van der Waals surface area contributed by atoms with E-state index in [1.165, 1.54) is 30.8 Å². The lowest BCUT2D eigenvalue weighted by Gasteiger charge is -2.16. The first-order chi connectivity index (χ1) is 8.20. The van der Waals surface area contributed by atoms with Gasteiger partial charge in [-0.1, -0.05) is 38.1 Å². The molecule has 1 aliphatic heterocycles. The van der Waals surface area contributed by atoms with Crippen LogP contribution in [0.1, 0.15) is 25.0 Å².